The van der Waals surface area contributed by atoms with E-state index in [4.69, 9.17) is 4.74 Å². The topological polar surface area (TPSA) is 26.3 Å². The first-order chi connectivity index (χ1) is 7.63. The summed E-state index contributed by atoms with van der Waals surface area (Å²) < 4.78 is 5.10. The minimum atomic E-state index is 0.208. The average molecular weight is 220 g/mol. The second-order valence-corrected chi connectivity index (χ2v) is 4.44. The van der Waals surface area contributed by atoms with Gasteiger partial charge in [0.25, 0.3) is 0 Å². The number of carbonyl (C=O) groups is 1. The predicted octanol–water partition coefficient (Wildman–Crippen LogP) is 3.70. The molecule has 88 valence electrons. The van der Waals surface area contributed by atoms with Gasteiger partial charge in [0.05, 0.1) is 7.11 Å². The van der Waals surface area contributed by atoms with Crippen LogP contribution >= 0.6 is 0 Å². The zero-order valence-electron chi connectivity index (χ0n) is 10.3. The zero-order chi connectivity index (χ0) is 12.0. The third kappa shape index (κ3) is 4.05. The zero-order valence-corrected chi connectivity index (χ0v) is 10.3. The van der Waals surface area contributed by atoms with E-state index in [1.165, 1.54) is 0 Å². The Bertz CT molecular complexity index is 342. The van der Waals surface area contributed by atoms with Crippen LogP contribution < -0.4 is 4.74 Å². The summed E-state index contributed by atoms with van der Waals surface area (Å²) in [5.74, 6) is 1.62. The van der Waals surface area contributed by atoms with Crippen molar-refractivity contribution in [2.24, 2.45) is 5.92 Å². The van der Waals surface area contributed by atoms with Crippen LogP contribution in [0.4, 0.5) is 0 Å². The molecule has 2 nitrogen and oxygen atoms in total. The minimum Gasteiger partial charge on any atom is -0.497 e. The Morgan fingerprint density at radius 1 is 1.38 bits per heavy atom. The summed E-state index contributed by atoms with van der Waals surface area (Å²) in [6, 6.07) is 7.36. The molecule has 0 saturated heterocycles. The van der Waals surface area contributed by atoms with Crippen molar-refractivity contribution in [3.05, 3.63) is 29.8 Å². The summed E-state index contributed by atoms with van der Waals surface area (Å²) in [7, 11) is 1.61. The highest BCUT2D eigenvalue weighted by Crippen LogP contribution is 2.16. The number of hydrogen-bond acceptors (Lipinski definition) is 2. The van der Waals surface area contributed by atoms with Crippen molar-refractivity contribution in [1.29, 1.82) is 0 Å². The van der Waals surface area contributed by atoms with Crippen LogP contribution in [0.5, 0.6) is 5.75 Å². The number of ether oxygens (including phenoxy) is 1. The van der Waals surface area contributed by atoms with Gasteiger partial charge in [-0.1, -0.05) is 32.4 Å². The van der Waals surface area contributed by atoms with Gasteiger partial charge in [-0.2, -0.15) is 0 Å². The van der Waals surface area contributed by atoms with E-state index in [-0.39, 0.29) is 5.78 Å². The first-order valence-electron chi connectivity index (χ1n) is 5.80. The quantitative estimate of drug-likeness (QED) is 0.683. The molecule has 0 aliphatic carbocycles. The van der Waals surface area contributed by atoms with Gasteiger partial charge < -0.3 is 4.74 Å². The van der Waals surface area contributed by atoms with Crippen LogP contribution in [0.15, 0.2) is 24.3 Å². The van der Waals surface area contributed by atoms with E-state index in [9.17, 15) is 4.79 Å². The molecule has 1 aromatic carbocycles. The molecule has 0 fully saturated rings. The first kappa shape index (κ1) is 12.8. The Hall–Kier alpha value is -1.31. The van der Waals surface area contributed by atoms with Gasteiger partial charge in [-0.3, -0.25) is 4.79 Å². The van der Waals surface area contributed by atoms with Crippen molar-refractivity contribution in [1.82, 2.24) is 0 Å². The van der Waals surface area contributed by atoms with Crippen molar-refractivity contribution in [2.45, 2.75) is 33.1 Å². The van der Waals surface area contributed by atoms with Crippen LogP contribution in [0.25, 0.3) is 0 Å². The molecule has 0 spiro atoms. The fourth-order valence-corrected chi connectivity index (χ4v) is 1.61. The smallest absolute Gasteiger partial charge is 0.163 e. The van der Waals surface area contributed by atoms with Crippen LogP contribution in [0.1, 0.15) is 43.5 Å². The standard InChI is InChI=1S/C14H20O2/c1-11(2)6-4-9-14(15)12-7-5-8-13(10-12)16-3/h5,7-8,10-11H,4,6,9H2,1-3H3. The fraction of sp³-hybridized carbons (Fsp3) is 0.500. The summed E-state index contributed by atoms with van der Waals surface area (Å²) in [5, 5.41) is 0. The molecule has 1 rings (SSSR count). The average Bonchev–Trinajstić information content (AvgIpc) is 2.28. The van der Waals surface area contributed by atoms with Gasteiger partial charge in [0.1, 0.15) is 5.75 Å². The molecule has 0 aliphatic heterocycles. The summed E-state index contributed by atoms with van der Waals surface area (Å²) in [5.41, 5.74) is 0.753. The number of Topliss-reactive ketones (excluding diaryl/α,β-unsaturated/α-hetero) is 1. The maximum Gasteiger partial charge on any atom is 0.163 e. The molecular formula is C14H20O2. The fourth-order valence-electron chi connectivity index (χ4n) is 1.61. The monoisotopic (exact) mass is 220 g/mol. The number of methoxy groups -OCH3 is 1. The van der Waals surface area contributed by atoms with E-state index in [2.05, 4.69) is 13.8 Å². The second-order valence-electron chi connectivity index (χ2n) is 4.44. The molecule has 0 unspecified atom stereocenters. The lowest BCUT2D eigenvalue weighted by molar-refractivity contribution is 0.0978. The van der Waals surface area contributed by atoms with E-state index < -0.39 is 0 Å². The molecule has 0 radical (unpaired) electrons. The Balaban J connectivity index is 2.52. The van der Waals surface area contributed by atoms with Crippen molar-refractivity contribution in [2.75, 3.05) is 7.11 Å². The first-order valence-corrected chi connectivity index (χ1v) is 5.80. The maximum atomic E-state index is 11.8. The molecule has 0 atom stereocenters. The van der Waals surface area contributed by atoms with E-state index in [0.717, 1.165) is 24.2 Å². The highest BCUT2D eigenvalue weighted by molar-refractivity contribution is 5.96. The van der Waals surface area contributed by atoms with Gasteiger partial charge in [-0.05, 0) is 24.5 Å². The Morgan fingerprint density at radius 2 is 2.12 bits per heavy atom. The van der Waals surface area contributed by atoms with Gasteiger partial charge in [0, 0.05) is 12.0 Å². The van der Waals surface area contributed by atoms with E-state index >= 15 is 0 Å². The molecule has 2 heteroatoms. The SMILES string of the molecule is COc1cccc(C(=O)CCCC(C)C)c1. The Labute approximate surface area is 97.6 Å². The molecule has 0 heterocycles. The normalized spacial score (nSPS) is 10.5. The summed E-state index contributed by atoms with van der Waals surface area (Å²) in [4.78, 5) is 11.8. The molecule has 1 aromatic rings. The molecule has 0 amide bonds. The summed E-state index contributed by atoms with van der Waals surface area (Å²) in [6.07, 6.45) is 2.70. The van der Waals surface area contributed by atoms with Gasteiger partial charge in [0.15, 0.2) is 5.78 Å². The number of hydrogen-bond donors (Lipinski definition) is 0. The summed E-state index contributed by atoms with van der Waals surface area (Å²) >= 11 is 0. The number of rotatable bonds is 6. The highest BCUT2D eigenvalue weighted by Gasteiger charge is 2.06. The Kier molecular flexibility index (Phi) is 5.03. The molecule has 0 saturated carbocycles. The van der Waals surface area contributed by atoms with Crippen molar-refractivity contribution >= 4 is 5.78 Å². The lowest BCUT2D eigenvalue weighted by Crippen LogP contribution is -2.00. The molecule has 0 bridgehead atoms. The predicted molar refractivity (Wildman–Crippen MR) is 66.0 cm³/mol. The molecular weight excluding hydrogens is 200 g/mol. The van der Waals surface area contributed by atoms with Crippen LogP contribution in [0.2, 0.25) is 0 Å². The van der Waals surface area contributed by atoms with Gasteiger partial charge in [-0.25, -0.2) is 0 Å². The van der Waals surface area contributed by atoms with Gasteiger partial charge >= 0.3 is 0 Å². The van der Waals surface area contributed by atoms with Gasteiger partial charge in [-0.15, -0.1) is 0 Å². The number of ketones is 1. The van der Waals surface area contributed by atoms with Crippen molar-refractivity contribution in [3.63, 3.8) is 0 Å². The van der Waals surface area contributed by atoms with Crippen LogP contribution in [0, 0.1) is 5.92 Å². The lowest BCUT2D eigenvalue weighted by atomic mass is 10.0. The van der Waals surface area contributed by atoms with Gasteiger partial charge in [0.2, 0.25) is 0 Å². The summed E-state index contributed by atoms with van der Waals surface area (Å²) in [6.45, 7) is 4.35. The van der Waals surface area contributed by atoms with E-state index in [0.29, 0.717) is 12.3 Å². The van der Waals surface area contributed by atoms with Crippen LogP contribution in [-0.4, -0.2) is 12.9 Å². The van der Waals surface area contributed by atoms with Crippen LogP contribution in [-0.2, 0) is 0 Å². The molecule has 16 heavy (non-hydrogen) atoms. The third-order valence-electron chi connectivity index (χ3n) is 2.58. The largest absolute Gasteiger partial charge is 0.497 e. The number of benzene rings is 1. The third-order valence-corrected chi connectivity index (χ3v) is 2.58. The van der Waals surface area contributed by atoms with Crippen LogP contribution in [0.3, 0.4) is 0 Å². The molecule has 0 N–H and O–H groups in total. The highest BCUT2D eigenvalue weighted by atomic mass is 16.5. The molecule has 0 aromatic heterocycles. The van der Waals surface area contributed by atoms with E-state index in [1.807, 2.05) is 18.2 Å². The second kappa shape index (κ2) is 6.31. The van der Waals surface area contributed by atoms with Crippen molar-refractivity contribution < 1.29 is 9.53 Å². The van der Waals surface area contributed by atoms with E-state index in [1.54, 1.807) is 13.2 Å². The lowest BCUT2D eigenvalue weighted by Gasteiger charge is -2.05. The Morgan fingerprint density at radius 3 is 2.75 bits per heavy atom. The number of carbonyl (C=O) groups excluding carboxylic acids is 1. The minimum absolute atomic E-state index is 0.208. The molecule has 0 aliphatic rings. The van der Waals surface area contributed by atoms with Crippen molar-refractivity contribution in [3.8, 4) is 5.75 Å². The maximum absolute atomic E-state index is 11.8.